The molecule has 0 saturated carbocycles. The molecular formula is C9H11BrN2O2. The molecule has 1 aliphatic heterocycles. The van der Waals surface area contributed by atoms with Crippen LogP contribution in [0, 0.1) is 0 Å². The molecule has 76 valence electrons. The van der Waals surface area contributed by atoms with Crippen molar-refractivity contribution in [3.8, 4) is 0 Å². The van der Waals surface area contributed by atoms with Gasteiger partial charge in [-0.05, 0) is 22.0 Å². The molecule has 1 aliphatic rings. The number of nitrogens with zero attached hydrogens (tertiary/aromatic N) is 2. The molecule has 0 aliphatic carbocycles. The van der Waals surface area contributed by atoms with Crippen LogP contribution in [0.1, 0.15) is 0 Å². The molecule has 1 fully saturated rings. The maximum absolute atomic E-state index is 9.37. The zero-order chi connectivity index (χ0) is 10.1. The maximum atomic E-state index is 9.37. The van der Waals surface area contributed by atoms with Gasteiger partial charge in [-0.3, -0.25) is 4.98 Å². The summed E-state index contributed by atoms with van der Waals surface area (Å²) in [6.07, 6.45) is 2.10. The molecule has 1 saturated heterocycles. The molecule has 0 amide bonds. The summed E-state index contributed by atoms with van der Waals surface area (Å²) in [5, 5.41) is 18.7. The quantitative estimate of drug-likeness (QED) is 0.765. The molecule has 0 aromatic carbocycles. The molecule has 0 bridgehead atoms. The lowest BCUT2D eigenvalue weighted by Crippen LogP contribution is -2.22. The van der Waals surface area contributed by atoms with Crippen LogP contribution in [0.15, 0.2) is 22.9 Å². The van der Waals surface area contributed by atoms with Crippen molar-refractivity contribution < 1.29 is 10.2 Å². The van der Waals surface area contributed by atoms with Crippen molar-refractivity contribution in [1.82, 2.24) is 4.98 Å². The summed E-state index contributed by atoms with van der Waals surface area (Å²) in [7, 11) is 0. The highest BCUT2D eigenvalue weighted by Gasteiger charge is 2.29. The van der Waals surface area contributed by atoms with Gasteiger partial charge in [0.15, 0.2) is 0 Å². The van der Waals surface area contributed by atoms with Gasteiger partial charge < -0.3 is 15.1 Å². The third-order valence-electron chi connectivity index (χ3n) is 2.31. The van der Waals surface area contributed by atoms with E-state index in [1.807, 2.05) is 11.0 Å². The van der Waals surface area contributed by atoms with Gasteiger partial charge in [0.25, 0.3) is 0 Å². The Hall–Kier alpha value is -0.650. The van der Waals surface area contributed by atoms with Crippen molar-refractivity contribution >= 4 is 21.6 Å². The van der Waals surface area contributed by atoms with E-state index in [0.29, 0.717) is 13.1 Å². The van der Waals surface area contributed by atoms with Gasteiger partial charge in [-0.2, -0.15) is 0 Å². The molecule has 2 rings (SSSR count). The van der Waals surface area contributed by atoms with Crippen LogP contribution in [0.2, 0.25) is 0 Å². The second-order valence-electron chi connectivity index (χ2n) is 3.40. The molecule has 2 atom stereocenters. The first kappa shape index (κ1) is 9.89. The number of aliphatic hydroxyl groups is 2. The Morgan fingerprint density at radius 3 is 2.50 bits per heavy atom. The number of halogens is 1. The van der Waals surface area contributed by atoms with Crippen LogP contribution in [-0.4, -0.2) is 40.5 Å². The Balaban J connectivity index is 2.17. The number of β-amino-alcohol motifs (C(OH)–C–C–N with tert-alkyl or cyclic N) is 2. The highest BCUT2D eigenvalue weighted by Crippen LogP contribution is 2.22. The summed E-state index contributed by atoms with van der Waals surface area (Å²) in [6, 6.07) is 1.91. The second-order valence-corrected chi connectivity index (χ2v) is 4.32. The minimum Gasteiger partial charge on any atom is -0.389 e. The van der Waals surface area contributed by atoms with Crippen LogP contribution in [-0.2, 0) is 0 Å². The number of aliphatic hydroxyl groups excluding tert-OH is 2. The van der Waals surface area contributed by atoms with E-state index in [0.717, 1.165) is 10.2 Å². The van der Waals surface area contributed by atoms with E-state index in [4.69, 9.17) is 0 Å². The van der Waals surface area contributed by atoms with Crippen LogP contribution in [0.4, 0.5) is 5.69 Å². The predicted octanol–water partition coefficient (Wildman–Crippen LogP) is 0.386. The van der Waals surface area contributed by atoms with Gasteiger partial charge in [0.1, 0.15) is 0 Å². The highest BCUT2D eigenvalue weighted by atomic mass is 79.9. The summed E-state index contributed by atoms with van der Waals surface area (Å²) in [6.45, 7) is 0.915. The SMILES string of the molecule is O[C@@H]1CN(c2cncc(Br)c2)C[C@@H]1O. The van der Waals surface area contributed by atoms with Crippen LogP contribution in [0.25, 0.3) is 0 Å². The Bertz CT molecular complexity index is 324. The molecule has 0 radical (unpaired) electrons. The molecule has 4 nitrogen and oxygen atoms in total. The van der Waals surface area contributed by atoms with E-state index in [-0.39, 0.29) is 0 Å². The van der Waals surface area contributed by atoms with Gasteiger partial charge in [0.2, 0.25) is 0 Å². The molecule has 1 aromatic heterocycles. The third-order valence-corrected chi connectivity index (χ3v) is 2.75. The van der Waals surface area contributed by atoms with Crippen LogP contribution in [0.3, 0.4) is 0 Å². The van der Waals surface area contributed by atoms with Gasteiger partial charge in [-0.15, -0.1) is 0 Å². The van der Waals surface area contributed by atoms with Crippen LogP contribution >= 0.6 is 15.9 Å². The second kappa shape index (κ2) is 3.84. The minimum atomic E-state index is -0.658. The average molecular weight is 259 g/mol. The lowest BCUT2D eigenvalue weighted by Gasteiger charge is -2.16. The third kappa shape index (κ3) is 1.89. The fourth-order valence-electron chi connectivity index (χ4n) is 1.55. The first-order chi connectivity index (χ1) is 6.66. The van der Waals surface area contributed by atoms with Crippen molar-refractivity contribution in [2.45, 2.75) is 12.2 Å². The van der Waals surface area contributed by atoms with E-state index in [1.54, 1.807) is 12.4 Å². The van der Waals surface area contributed by atoms with Crippen molar-refractivity contribution in [1.29, 1.82) is 0 Å². The van der Waals surface area contributed by atoms with Crippen molar-refractivity contribution in [2.24, 2.45) is 0 Å². The Morgan fingerprint density at radius 2 is 1.93 bits per heavy atom. The van der Waals surface area contributed by atoms with Crippen LogP contribution < -0.4 is 4.90 Å². The van der Waals surface area contributed by atoms with E-state index < -0.39 is 12.2 Å². The van der Waals surface area contributed by atoms with Crippen molar-refractivity contribution in [2.75, 3.05) is 18.0 Å². The molecular weight excluding hydrogens is 248 g/mol. The summed E-state index contributed by atoms with van der Waals surface area (Å²) in [5.41, 5.74) is 0.912. The molecule has 5 heteroatoms. The highest BCUT2D eigenvalue weighted by molar-refractivity contribution is 9.10. The Labute approximate surface area is 90.3 Å². The normalized spacial score (nSPS) is 26.9. The topological polar surface area (TPSA) is 56.6 Å². The fraction of sp³-hybridized carbons (Fsp3) is 0.444. The lowest BCUT2D eigenvalue weighted by molar-refractivity contribution is 0.0572. The number of pyridine rings is 1. The minimum absolute atomic E-state index is 0.458. The summed E-state index contributed by atoms with van der Waals surface area (Å²) < 4.78 is 0.894. The molecule has 0 unspecified atom stereocenters. The number of anilines is 1. The molecule has 2 heterocycles. The van der Waals surface area contributed by atoms with Gasteiger partial charge in [-0.1, -0.05) is 0 Å². The van der Waals surface area contributed by atoms with Gasteiger partial charge in [0.05, 0.1) is 24.1 Å². The zero-order valence-corrected chi connectivity index (χ0v) is 9.05. The maximum Gasteiger partial charge on any atom is 0.0990 e. The van der Waals surface area contributed by atoms with E-state index in [9.17, 15) is 10.2 Å². The van der Waals surface area contributed by atoms with Gasteiger partial charge >= 0.3 is 0 Å². The molecule has 2 N–H and O–H groups in total. The van der Waals surface area contributed by atoms with E-state index >= 15 is 0 Å². The zero-order valence-electron chi connectivity index (χ0n) is 7.47. The van der Waals surface area contributed by atoms with Crippen molar-refractivity contribution in [3.05, 3.63) is 22.9 Å². The summed E-state index contributed by atoms with van der Waals surface area (Å²) >= 11 is 3.33. The fourth-order valence-corrected chi connectivity index (χ4v) is 1.91. The molecule has 14 heavy (non-hydrogen) atoms. The summed E-state index contributed by atoms with van der Waals surface area (Å²) in [5.74, 6) is 0. The summed E-state index contributed by atoms with van der Waals surface area (Å²) in [4.78, 5) is 5.94. The first-order valence-corrected chi connectivity index (χ1v) is 5.18. The van der Waals surface area contributed by atoms with Crippen molar-refractivity contribution in [3.63, 3.8) is 0 Å². The lowest BCUT2D eigenvalue weighted by atomic mass is 10.3. The molecule has 1 aromatic rings. The van der Waals surface area contributed by atoms with E-state index in [2.05, 4.69) is 20.9 Å². The standard InChI is InChI=1S/C9H11BrN2O2/c10-6-1-7(3-11-2-6)12-4-8(13)9(14)5-12/h1-3,8-9,13-14H,4-5H2/t8-,9+. The number of hydrogen-bond donors (Lipinski definition) is 2. The monoisotopic (exact) mass is 258 g/mol. The largest absolute Gasteiger partial charge is 0.389 e. The Morgan fingerprint density at radius 1 is 1.29 bits per heavy atom. The van der Waals surface area contributed by atoms with Gasteiger partial charge in [0, 0.05) is 23.8 Å². The predicted molar refractivity (Wildman–Crippen MR) is 56.2 cm³/mol. The Kier molecular flexibility index (Phi) is 2.71. The smallest absolute Gasteiger partial charge is 0.0990 e. The number of aromatic nitrogens is 1. The average Bonchev–Trinajstić information content (AvgIpc) is 2.47. The van der Waals surface area contributed by atoms with Crippen LogP contribution in [0.5, 0.6) is 0 Å². The first-order valence-electron chi connectivity index (χ1n) is 4.38. The number of hydrogen-bond acceptors (Lipinski definition) is 4. The number of rotatable bonds is 1. The van der Waals surface area contributed by atoms with Gasteiger partial charge in [-0.25, -0.2) is 0 Å². The van der Waals surface area contributed by atoms with E-state index in [1.165, 1.54) is 0 Å². The molecule has 0 spiro atoms.